The summed E-state index contributed by atoms with van der Waals surface area (Å²) in [6, 6.07) is 8.31. The van der Waals surface area contributed by atoms with E-state index in [2.05, 4.69) is 38.9 Å². The van der Waals surface area contributed by atoms with Gasteiger partial charge in [0.05, 0.1) is 0 Å². The number of benzene rings is 1. The van der Waals surface area contributed by atoms with Crippen molar-refractivity contribution in [2.24, 2.45) is 0 Å². The summed E-state index contributed by atoms with van der Waals surface area (Å²) in [7, 11) is 0. The molecule has 0 aliphatic heterocycles. The molecule has 3 heterocycles. The van der Waals surface area contributed by atoms with Crippen LogP contribution in [0.2, 0.25) is 0 Å². The molecule has 0 radical (unpaired) electrons. The zero-order chi connectivity index (χ0) is 10.5. The molecule has 4 aromatic rings. The van der Waals surface area contributed by atoms with Gasteiger partial charge in [-0.3, -0.25) is 0 Å². The van der Waals surface area contributed by atoms with E-state index in [9.17, 15) is 0 Å². The van der Waals surface area contributed by atoms with Crippen molar-refractivity contribution in [3.63, 3.8) is 0 Å². The minimum atomic E-state index is 0.780. The lowest BCUT2D eigenvalue weighted by Crippen LogP contribution is -1.91. The molecule has 3 aromatic heterocycles. The van der Waals surface area contributed by atoms with E-state index in [-0.39, 0.29) is 0 Å². The number of nitrogens with zero attached hydrogens (tertiary/aromatic N) is 4. The average Bonchev–Trinajstić information content (AvgIpc) is 2.94. The Balaban J connectivity index is 2.33. The lowest BCUT2D eigenvalue weighted by Gasteiger charge is -1.99. The Hall–Kier alpha value is -2.01. The summed E-state index contributed by atoms with van der Waals surface area (Å²) in [5, 5.41) is 16.8. The standard InChI is InChI=1S/C11H6N4S/c1-2-9-8(3-4-16-9)11-7(1)5-10-13-12-6-15(10)14-11/h1-6H. The van der Waals surface area contributed by atoms with Gasteiger partial charge in [0.15, 0.2) is 5.65 Å². The molecule has 0 unspecified atom stereocenters. The van der Waals surface area contributed by atoms with Crippen molar-refractivity contribution in [2.75, 3.05) is 0 Å². The lowest BCUT2D eigenvalue weighted by atomic mass is 10.2. The van der Waals surface area contributed by atoms with Crippen LogP contribution < -0.4 is 0 Å². The van der Waals surface area contributed by atoms with Crippen LogP contribution in [0.4, 0.5) is 0 Å². The highest BCUT2D eigenvalue weighted by Gasteiger charge is 2.05. The van der Waals surface area contributed by atoms with Crippen LogP contribution in [0.1, 0.15) is 0 Å². The predicted octanol–water partition coefficient (Wildman–Crippen LogP) is 2.49. The van der Waals surface area contributed by atoms with Gasteiger partial charge >= 0.3 is 0 Å². The van der Waals surface area contributed by atoms with Crippen molar-refractivity contribution in [3.05, 3.63) is 36.0 Å². The first-order valence-corrected chi connectivity index (χ1v) is 5.77. The number of thiophene rings is 1. The van der Waals surface area contributed by atoms with Crippen LogP contribution in [0.15, 0.2) is 36.0 Å². The van der Waals surface area contributed by atoms with E-state index in [0.717, 1.165) is 16.6 Å². The van der Waals surface area contributed by atoms with Crippen molar-refractivity contribution < 1.29 is 0 Å². The number of hydrogen-bond donors (Lipinski definition) is 0. The Morgan fingerprint density at radius 3 is 3.19 bits per heavy atom. The van der Waals surface area contributed by atoms with Crippen molar-refractivity contribution in [1.29, 1.82) is 0 Å². The van der Waals surface area contributed by atoms with Crippen LogP contribution >= 0.6 is 11.3 Å². The fraction of sp³-hybridized carbons (Fsp3) is 0. The van der Waals surface area contributed by atoms with E-state index in [1.807, 2.05) is 6.07 Å². The molecule has 0 saturated carbocycles. The molecule has 0 aliphatic rings. The summed E-state index contributed by atoms with van der Waals surface area (Å²) in [4.78, 5) is 0. The van der Waals surface area contributed by atoms with Gasteiger partial charge in [-0.15, -0.1) is 21.5 Å². The molecule has 0 aliphatic carbocycles. The van der Waals surface area contributed by atoms with E-state index < -0.39 is 0 Å². The Morgan fingerprint density at radius 2 is 2.19 bits per heavy atom. The second-order valence-corrected chi connectivity index (χ2v) is 4.56. The van der Waals surface area contributed by atoms with Crippen LogP contribution in [0, 0.1) is 0 Å². The third-order valence-corrected chi connectivity index (χ3v) is 3.57. The first-order chi connectivity index (χ1) is 7.92. The molecule has 5 heteroatoms. The Bertz CT molecular complexity index is 814. The van der Waals surface area contributed by atoms with Crippen molar-refractivity contribution in [2.45, 2.75) is 0 Å². The van der Waals surface area contributed by atoms with Gasteiger partial charge in [-0.1, -0.05) is 6.07 Å². The Labute approximate surface area is 94.1 Å². The second-order valence-electron chi connectivity index (χ2n) is 3.61. The SMILES string of the molecule is c1cc2c(ccc3cc4nncn4nc32)s1. The van der Waals surface area contributed by atoms with E-state index in [1.165, 1.54) is 10.1 Å². The highest BCUT2D eigenvalue weighted by atomic mass is 32.1. The number of rotatable bonds is 0. The molecule has 0 fully saturated rings. The summed E-state index contributed by atoms with van der Waals surface area (Å²) in [6.07, 6.45) is 1.62. The molecule has 0 bridgehead atoms. The zero-order valence-electron chi connectivity index (χ0n) is 8.16. The van der Waals surface area contributed by atoms with Crippen LogP contribution in [-0.2, 0) is 0 Å². The fourth-order valence-electron chi connectivity index (χ4n) is 1.93. The summed E-state index contributed by atoms with van der Waals surface area (Å²) in [5.74, 6) is 0. The normalized spacial score (nSPS) is 11.8. The number of hydrogen-bond acceptors (Lipinski definition) is 4. The molecule has 0 spiro atoms. The minimum absolute atomic E-state index is 0.780. The number of fused-ring (bicyclic) bond motifs is 4. The van der Waals surface area contributed by atoms with Crippen LogP contribution in [0.25, 0.3) is 26.6 Å². The molecule has 0 N–H and O–H groups in total. The minimum Gasteiger partial charge on any atom is -0.200 e. The molecular formula is C11H6N4S. The first kappa shape index (κ1) is 8.18. The van der Waals surface area contributed by atoms with Gasteiger partial charge in [-0.2, -0.15) is 9.61 Å². The summed E-state index contributed by atoms with van der Waals surface area (Å²) in [5.41, 5.74) is 1.79. The summed E-state index contributed by atoms with van der Waals surface area (Å²) >= 11 is 1.73. The smallest absolute Gasteiger partial charge is 0.178 e. The predicted molar refractivity (Wildman–Crippen MR) is 63.7 cm³/mol. The molecule has 16 heavy (non-hydrogen) atoms. The molecular weight excluding hydrogens is 220 g/mol. The third kappa shape index (κ3) is 0.953. The number of aromatic nitrogens is 4. The quantitative estimate of drug-likeness (QED) is 0.462. The molecule has 0 saturated heterocycles. The van der Waals surface area contributed by atoms with Crippen molar-refractivity contribution >= 4 is 38.0 Å². The van der Waals surface area contributed by atoms with Gasteiger partial charge in [-0.25, -0.2) is 0 Å². The molecule has 76 valence electrons. The molecule has 1 aromatic carbocycles. The van der Waals surface area contributed by atoms with Crippen LogP contribution in [0.3, 0.4) is 0 Å². The van der Waals surface area contributed by atoms with E-state index in [1.54, 1.807) is 22.2 Å². The zero-order valence-corrected chi connectivity index (χ0v) is 8.98. The maximum absolute atomic E-state index is 4.54. The maximum atomic E-state index is 4.54. The van der Waals surface area contributed by atoms with E-state index >= 15 is 0 Å². The average molecular weight is 226 g/mol. The summed E-state index contributed by atoms with van der Waals surface area (Å²) in [6.45, 7) is 0. The molecule has 4 rings (SSSR count). The second kappa shape index (κ2) is 2.76. The van der Waals surface area contributed by atoms with Gasteiger partial charge in [-0.05, 0) is 23.6 Å². The van der Waals surface area contributed by atoms with Gasteiger partial charge in [0, 0.05) is 15.5 Å². The highest BCUT2D eigenvalue weighted by molar-refractivity contribution is 7.17. The molecule has 0 amide bonds. The maximum Gasteiger partial charge on any atom is 0.178 e. The van der Waals surface area contributed by atoms with Gasteiger partial charge in [0.1, 0.15) is 11.8 Å². The Morgan fingerprint density at radius 1 is 1.19 bits per heavy atom. The third-order valence-electron chi connectivity index (χ3n) is 2.69. The Kier molecular flexibility index (Phi) is 1.41. The van der Waals surface area contributed by atoms with E-state index in [4.69, 9.17) is 0 Å². The monoisotopic (exact) mass is 226 g/mol. The first-order valence-electron chi connectivity index (χ1n) is 4.89. The van der Waals surface area contributed by atoms with Crippen LogP contribution in [0.5, 0.6) is 0 Å². The summed E-state index contributed by atoms with van der Waals surface area (Å²) < 4.78 is 2.96. The molecule has 4 nitrogen and oxygen atoms in total. The van der Waals surface area contributed by atoms with Crippen molar-refractivity contribution in [3.8, 4) is 0 Å². The van der Waals surface area contributed by atoms with E-state index in [0.29, 0.717) is 0 Å². The molecule has 0 atom stereocenters. The van der Waals surface area contributed by atoms with Crippen LogP contribution in [-0.4, -0.2) is 19.8 Å². The fourth-order valence-corrected chi connectivity index (χ4v) is 2.72. The van der Waals surface area contributed by atoms with Gasteiger partial charge < -0.3 is 0 Å². The van der Waals surface area contributed by atoms with Gasteiger partial charge in [0.25, 0.3) is 0 Å². The lowest BCUT2D eigenvalue weighted by molar-refractivity contribution is 0.959. The topological polar surface area (TPSA) is 43.1 Å². The van der Waals surface area contributed by atoms with Gasteiger partial charge in [0.2, 0.25) is 0 Å². The highest BCUT2D eigenvalue weighted by Crippen LogP contribution is 2.27. The van der Waals surface area contributed by atoms with Crippen molar-refractivity contribution in [1.82, 2.24) is 19.8 Å². The largest absolute Gasteiger partial charge is 0.200 e.